The molecule has 0 saturated carbocycles. The molecule has 0 N–H and O–H groups in total. The van der Waals surface area contributed by atoms with E-state index in [9.17, 15) is 0 Å². The van der Waals surface area contributed by atoms with Gasteiger partial charge in [0.1, 0.15) is 0 Å². The summed E-state index contributed by atoms with van der Waals surface area (Å²) in [6.07, 6.45) is 0. The lowest BCUT2D eigenvalue weighted by atomic mass is 9.33. The number of fused-ring (bicyclic) bond motifs is 7. The maximum atomic E-state index is 5.30. The van der Waals surface area contributed by atoms with Crippen molar-refractivity contribution in [3.8, 4) is 61.8 Å². The molecule has 2 aliphatic rings. The molecule has 378 valence electrons. The molecule has 0 saturated heterocycles. The summed E-state index contributed by atoms with van der Waals surface area (Å²) in [6.45, 7) is 6.96. The SMILES string of the molecule is CC(C)(C)c1ccc2c(c1)c1ccccc1n2-c1ccc(-c2nc(-c3ccccc3)cc(-c3ccccc3)n2)cc1-c1ccc(-c2ccc(N3c4ccccc4B4c5ccccc5N(c5ccccc5)c5cccc3c54)cc2)cc1. The van der Waals surface area contributed by atoms with Crippen LogP contribution >= 0.6 is 0 Å². The molecule has 0 fully saturated rings. The number of anilines is 6. The Morgan fingerprint density at radius 1 is 0.338 bits per heavy atom. The Kier molecular flexibility index (Phi) is 11.1. The third-order valence-corrected chi connectivity index (χ3v) is 16.4. The number of nitrogens with zero attached hydrogens (tertiary/aromatic N) is 5. The first-order valence-electron chi connectivity index (χ1n) is 27.7. The highest BCUT2D eigenvalue weighted by Crippen LogP contribution is 2.45. The Morgan fingerprint density at radius 2 is 0.825 bits per heavy atom. The lowest BCUT2D eigenvalue weighted by Crippen LogP contribution is -2.61. The molecule has 0 bridgehead atoms. The van der Waals surface area contributed by atoms with Crippen LogP contribution in [-0.2, 0) is 5.41 Å². The summed E-state index contributed by atoms with van der Waals surface area (Å²) in [5.41, 5.74) is 25.0. The van der Waals surface area contributed by atoms with Gasteiger partial charge < -0.3 is 14.4 Å². The van der Waals surface area contributed by atoms with E-state index in [-0.39, 0.29) is 12.1 Å². The molecule has 0 spiro atoms. The lowest BCUT2D eigenvalue weighted by Gasteiger charge is -2.44. The number of benzene rings is 11. The quantitative estimate of drug-likeness (QED) is 0.142. The van der Waals surface area contributed by atoms with Crippen molar-refractivity contribution in [3.63, 3.8) is 0 Å². The first kappa shape index (κ1) is 47.2. The van der Waals surface area contributed by atoms with Crippen LogP contribution in [0, 0.1) is 0 Å². The molecule has 0 amide bonds. The largest absolute Gasteiger partial charge is 0.311 e. The summed E-state index contributed by atoms with van der Waals surface area (Å²) in [7, 11) is 0. The van der Waals surface area contributed by atoms with Gasteiger partial charge in [0.2, 0.25) is 0 Å². The predicted octanol–water partition coefficient (Wildman–Crippen LogP) is 17.3. The van der Waals surface area contributed by atoms with Crippen LogP contribution in [0.5, 0.6) is 0 Å². The second kappa shape index (κ2) is 18.9. The average Bonchev–Trinajstić information content (AvgIpc) is 3.34. The van der Waals surface area contributed by atoms with E-state index < -0.39 is 0 Å². The van der Waals surface area contributed by atoms with Crippen LogP contribution in [0.15, 0.2) is 273 Å². The van der Waals surface area contributed by atoms with Crippen LogP contribution in [0.3, 0.4) is 0 Å². The summed E-state index contributed by atoms with van der Waals surface area (Å²) in [4.78, 5) is 15.5. The molecule has 2 aromatic heterocycles. The van der Waals surface area contributed by atoms with Crippen molar-refractivity contribution in [2.24, 2.45) is 0 Å². The standard InChI is InChI=1S/C74H54BN5/c1-74(2,3)55-41-45-67-60(47-55)58-26-13-16-29-65(58)80(67)66-44-40-54(73-76-63(52-20-7-4-8-21-52)48-64(77-73)53-22-9-5-10-23-53)46-59(66)51-36-34-49(35-37-51)50-38-42-57(43-39-50)79-69-31-18-15-28-62(69)75-61-27-14-17-30-68(61)78(56-24-11-6-12-25-56)70-32-19-33-71(79)72(70)75/h4-48H,1-3H3. The minimum absolute atomic E-state index is 0.00198. The van der Waals surface area contributed by atoms with Gasteiger partial charge in [0, 0.05) is 67.2 Å². The molecule has 6 heteroatoms. The van der Waals surface area contributed by atoms with Gasteiger partial charge in [-0.25, -0.2) is 9.97 Å². The number of hydrogen-bond donors (Lipinski definition) is 0. The molecule has 0 unspecified atom stereocenters. The van der Waals surface area contributed by atoms with E-state index in [1.54, 1.807) is 0 Å². The van der Waals surface area contributed by atoms with E-state index in [0.717, 1.165) is 72.9 Å². The van der Waals surface area contributed by atoms with E-state index in [1.165, 1.54) is 61.0 Å². The van der Waals surface area contributed by atoms with E-state index in [0.29, 0.717) is 5.82 Å². The van der Waals surface area contributed by atoms with E-state index in [2.05, 4.69) is 296 Å². The summed E-state index contributed by atoms with van der Waals surface area (Å²) in [6, 6.07) is 99.2. The fourth-order valence-electron chi connectivity index (χ4n) is 12.5. The van der Waals surface area contributed by atoms with Gasteiger partial charge in [-0.2, -0.15) is 0 Å². The first-order chi connectivity index (χ1) is 39.3. The van der Waals surface area contributed by atoms with Gasteiger partial charge in [-0.15, -0.1) is 0 Å². The third-order valence-electron chi connectivity index (χ3n) is 16.4. The third kappa shape index (κ3) is 7.86. The zero-order chi connectivity index (χ0) is 53.5. The van der Waals surface area contributed by atoms with E-state index >= 15 is 0 Å². The topological polar surface area (TPSA) is 37.2 Å². The number of aromatic nitrogens is 3. The van der Waals surface area contributed by atoms with Crippen LogP contribution < -0.4 is 26.2 Å². The Morgan fingerprint density at radius 3 is 1.44 bits per heavy atom. The fraction of sp³-hybridized carbons (Fsp3) is 0.0541. The van der Waals surface area contributed by atoms with Gasteiger partial charge in [0.15, 0.2) is 5.82 Å². The lowest BCUT2D eigenvalue weighted by molar-refractivity contribution is 0.591. The summed E-state index contributed by atoms with van der Waals surface area (Å²) < 4.78 is 2.45. The maximum absolute atomic E-state index is 5.30. The predicted molar refractivity (Wildman–Crippen MR) is 336 cm³/mol. The van der Waals surface area contributed by atoms with Gasteiger partial charge in [-0.05, 0) is 135 Å². The van der Waals surface area contributed by atoms with Gasteiger partial charge in [0.25, 0.3) is 6.71 Å². The fourth-order valence-corrected chi connectivity index (χ4v) is 12.5. The van der Waals surface area contributed by atoms with Crippen LogP contribution in [0.25, 0.3) is 83.6 Å². The number of hydrogen-bond acceptors (Lipinski definition) is 4. The summed E-state index contributed by atoms with van der Waals surface area (Å²) in [5.74, 6) is 0.674. The normalized spacial score (nSPS) is 12.6. The number of para-hydroxylation sites is 4. The molecule has 4 heterocycles. The monoisotopic (exact) mass is 1020 g/mol. The van der Waals surface area contributed by atoms with Gasteiger partial charge in [-0.1, -0.05) is 203 Å². The highest BCUT2D eigenvalue weighted by molar-refractivity contribution is 7.00. The average molecular weight is 1020 g/mol. The molecule has 0 radical (unpaired) electrons. The van der Waals surface area contributed by atoms with Crippen molar-refractivity contribution < 1.29 is 0 Å². The van der Waals surface area contributed by atoms with E-state index in [1.807, 2.05) is 12.1 Å². The first-order valence-corrected chi connectivity index (χ1v) is 27.7. The van der Waals surface area contributed by atoms with Crippen LogP contribution in [0.1, 0.15) is 26.3 Å². The molecule has 0 aliphatic carbocycles. The smallest absolute Gasteiger partial charge is 0.252 e. The van der Waals surface area contributed by atoms with Crippen molar-refractivity contribution in [1.82, 2.24) is 14.5 Å². The highest BCUT2D eigenvalue weighted by Gasteiger charge is 2.42. The van der Waals surface area contributed by atoms with E-state index in [4.69, 9.17) is 9.97 Å². The maximum Gasteiger partial charge on any atom is 0.252 e. The zero-order valence-corrected chi connectivity index (χ0v) is 44.8. The Labute approximate surface area is 467 Å². The molecule has 11 aromatic carbocycles. The summed E-state index contributed by atoms with van der Waals surface area (Å²) >= 11 is 0. The number of rotatable bonds is 8. The second-order valence-corrected chi connectivity index (χ2v) is 22.2. The molecule has 13 aromatic rings. The molecule has 5 nitrogen and oxygen atoms in total. The molecule has 0 atom stereocenters. The molecular weight excluding hydrogens is 970 g/mol. The molecule has 2 aliphatic heterocycles. The van der Waals surface area contributed by atoms with Crippen LogP contribution in [-0.4, -0.2) is 21.2 Å². The Bertz CT molecular complexity index is 4450. The second-order valence-electron chi connectivity index (χ2n) is 22.2. The van der Waals surface area contributed by atoms with Crippen LogP contribution in [0.2, 0.25) is 0 Å². The van der Waals surface area contributed by atoms with Crippen molar-refractivity contribution in [1.29, 1.82) is 0 Å². The van der Waals surface area contributed by atoms with Crippen LogP contribution in [0.4, 0.5) is 34.1 Å². The minimum atomic E-state index is 0.00198. The Balaban J connectivity index is 0.846. The highest BCUT2D eigenvalue weighted by atomic mass is 15.2. The molecule has 80 heavy (non-hydrogen) atoms. The Hall–Kier alpha value is -10.0. The van der Waals surface area contributed by atoms with Gasteiger partial charge in [0.05, 0.1) is 28.1 Å². The minimum Gasteiger partial charge on any atom is -0.311 e. The van der Waals surface area contributed by atoms with Crippen molar-refractivity contribution in [2.45, 2.75) is 26.2 Å². The zero-order valence-electron chi connectivity index (χ0n) is 44.8. The van der Waals surface area contributed by atoms with Gasteiger partial charge in [-0.3, -0.25) is 0 Å². The molecule has 15 rings (SSSR count). The summed E-state index contributed by atoms with van der Waals surface area (Å²) in [5, 5.41) is 2.47. The van der Waals surface area contributed by atoms with Gasteiger partial charge >= 0.3 is 0 Å². The van der Waals surface area contributed by atoms with Crippen molar-refractivity contribution in [2.75, 3.05) is 9.80 Å². The molecular formula is C74H54BN5. The van der Waals surface area contributed by atoms with Crippen molar-refractivity contribution >= 4 is 79.0 Å². The van der Waals surface area contributed by atoms with Crippen molar-refractivity contribution in [3.05, 3.63) is 279 Å².